The number of hydrazone groups is 1. The van der Waals surface area contributed by atoms with Crippen molar-refractivity contribution in [1.29, 1.82) is 0 Å². The number of ether oxygens (including phenoxy) is 1. The topological polar surface area (TPSA) is 50.7 Å². The summed E-state index contributed by atoms with van der Waals surface area (Å²) in [6.45, 7) is 0.395. The molecular weight excluding hydrogens is 360 g/mol. The van der Waals surface area contributed by atoms with Gasteiger partial charge in [-0.25, -0.2) is 5.43 Å². The van der Waals surface area contributed by atoms with E-state index in [1.807, 2.05) is 78.9 Å². The van der Waals surface area contributed by atoms with Crippen molar-refractivity contribution in [3.05, 3.63) is 101 Å². The summed E-state index contributed by atoms with van der Waals surface area (Å²) < 4.78 is 5.87. The molecule has 0 atom stereocenters. The monoisotopic (exact) mass is 378 g/mol. The first-order valence-electron chi connectivity index (χ1n) is 8.53. The first kappa shape index (κ1) is 18.7. The second-order valence-electron chi connectivity index (χ2n) is 5.91. The van der Waals surface area contributed by atoms with Crippen LogP contribution in [0.4, 0.5) is 0 Å². The van der Waals surface area contributed by atoms with E-state index >= 15 is 0 Å². The van der Waals surface area contributed by atoms with Crippen molar-refractivity contribution >= 4 is 23.7 Å². The van der Waals surface area contributed by atoms with E-state index in [1.165, 1.54) is 0 Å². The van der Waals surface area contributed by atoms with Crippen LogP contribution in [0, 0.1) is 0 Å². The van der Waals surface area contributed by atoms with Crippen molar-refractivity contribution < 1.29 is 9.53 Å². The van der Waals surface area contributed by atoms with Crippen molar-refractivity contribution in [2.45, 2.75) is 13.0 Å². The summed E-state index contributed by atoms with van der Waals surface area (Å²) >= 11 is 6.00. The Hall–Kier alpha value is -3.11. The molecule has 0 heterocycles. The number of carbonyl (C=O) groups excluding carboxylic acids is 1. The molecule has 0 fully saturated rings. The molecule has 0 aliphatic carbocycles. The molecule has 0 bridgehead atoms. The van der Waals surface area contributed by atoms with Crippen LogP contribution in [0.3, 0.4) is 0 Å². The molecule has 3 aromatic rings. The highest BCUT2D eigenvalue weighted by Gasteiger charge is 2.04. The normalized spacial score (nSPS) is 10.7. The van der Waals surface area contributed by atoms with E-state index in [0.717, 1.165) is 16.7 Å². The van der Waals surface area contributed by atoms with Crippen molar-refractivity contribution in [2.75, 3.05) is 0 Å². The van der Waals surface area contributed by atoms with Gasteiger partial charge in [0.15, 0.2) is 0 Å². The number of hydrogen-bond acceptors (Lipinski definition) is 3. The fraction of sp³-hybridized carbons (Fsp3) is 0.0909. The van der Waals surface area contributed by atoms with E-state index in [9.17, 15) is 4.79 Å². The van der Waals surface area contributed by atoms with Crippen LogP contribution in [0.1, 0.15) is 16.7 Å². The van der Waals surface area contributed by atoms with Gasteiger partial charge in [-0.15, -0.1) is 0 Å². The van der Waals surface area contributed by atoms with Crippen LogP contribution in [0.15, 0.2) is 84.0 Å². The number of para-hydroxylation sites is 1. The number of carbonyl (C=O) groups is 1. The highest BCUT2D eigenvalue weighted by molar-refractivity contribution is 6.30. The standard InChI is InChI=1S/C22H19ClN2O2/c23-20-11-6-9-18(13-20)16-27-21-12-5-4-10-19(21)15-24-25-22(26)14-17-7-2-1-3-8-17/h1-13,15H,14,16H2,(H,25,26)/b24-15-. The lowest BCUT2D eigenvalue weighted by atomic mass is 10.1. The molecule has 0 saturated carbocycles. The summed E-state index contributed by atoms with van der Waals surface area (Å²) in [5, 5.41) is 4.72. The molecule has 1 N–H and O–H groups in total. The second kappa shape index (κ2) is 9.55. The van der Waals surface area contributed by atoms with Crippen molar-refractivity contribution in [3.63, 3.8) is 0 Å². The molecule has 0 aliphatic rings. The minimum absolute atomic E-state index is 0.172. The lowest BCUT2D eigenvalue weighted by Gasteiger charge is -2.09. The molecule has 3 aromatic carbocycles. The van der Waals surface area contributed by atoms with Gasteiger partial charge in [-0.1, -0.05) is 66.2 Å². The van der Waals surface area contributed by atoms with Gasteiger partial charge in [-0.2, -0.15) is 5.10 Å². The summed E-state index contributed by atoms with van der Waals surface area (Å²) in [7, 11) is 0. The quantitative estimate of drug-likeness (QED) is 0.482. The van der Waals surface area contributed by atoms with Crippen LogP contribution in [0.5, 0.6) is 5.75 Å². The Morgan fingerprint density at radius 2 is 1.70 bits per heavy atom. The Morgan fingerprint density at radius 1 is 0.963 bits per heavy atom. The van der Waals surface area contributed by atoms with Crippen LogP contribution in [-0.2, 0) is 17.8 Å². The van der Waals surface area contributed by atoms with Crippen LogP contribution in [0.25, 0.3) is 0 Å². The first-order chi connectivity index (χ1) is 13.2. The molecule has 0 aliphatic heterocycles. The summed E-state index contributed by atoms with van der Waals surface area (Å²) in [4.78, 5) is 12.0. The fourth-order valence-corrected chi connectivity index (χ4v) is 2.71. The van der Waals surface area contributed by atoms with Crippen LogP contribution < -0.4 is 10.2 Å². The molecule has 27 heavy (non-hydrogen) atoms. The number of halogens is 1. The van der Waals surface area contributed by atoms with E-state index in [-0.39, 0.29) is 12.3 Å². The number of rotatable bonds is 7. The van der Waals surface area contributed by atoms with Gasteiger partial charge in [-0.3, -0.25) is 4.79 Å². The van der Waals surface area contributed by atoms with E-state index < -0.39 is 0 Å². The summed E-state index contributed by atoms with van der Waals surface area (Å²) in [6, 6.07) is 24.6. The third-order valence-electron chi connectivity index (χ3n) is 3.80. The Labute approximate surface area is 163 Å². The van der Waals surface area contributed by atoms with Crippen molar-refractivity contribution in [3.8, 4) is 5.75 Å². The average molecular weight is 379 g/mol. The molecule has 4 nitrogen and oxygen atoms in total. The Morgan fingerprint density at radius 3 is 2.52 bits per heavy atom. The minimum Gasteiger partial charge on any atom is -0.488 e. The SMILES string of the molecule is O=C(Cc1ccccc1)N/N=C\c1ccccc1OCc1cccc(Cl)c1. The predicted molar refractivity (Wildman–Crippen MR) is 108 cm³/mol. The van der Waals surface area contributed by atoms with Gasteiger partial charge in [-0.05, 0) is 35.4 Å². The number of nitrogens with zero attached hydrogens (tertiary/aromatic N) is 1. The molecule has 0 radical (unpaired) electrons. The molecular formula is C22H19ClN2O2. The van der Waals surface area contributed by atoms with Gasteiger partial charge in [0, 0.05) is 10.6 Å². The summed E-state index contributed by atoms with van der Waals surface area (Å²) in [5.74, 6) is 0.508. The number of nitrogens with one attached hydrogen (secondary N) is 1. The maximum absolute atomic E-state index is 12.0. The summed E-state index contributed by atoms with van der Waals surface area (Å²) in [6.07, 6.45) is 1.86. The number of hydrogen-bond donors (Lipinski definition) is 1. The van der Waals surface area contributed by atoms with Gasteiger partial charge in [0.2, 0.25) is 5.91 Å². The molecule has 0 unspecified atom stereocenters. The maximum Gasteiger partial charge on any atom is 0.244 e. The molecule has 0 spiro atoms. The molecule has 136 valence electrons. The smallest absolute Gasteiger partial charge is 0.244 e. The van der Waals surface area contributed by atoms with E-state index in [4.69, 9.17) is 16.3 Å². The van der Waals surface area contributed by atoms with E-state index in [1.54, 1.807) is 6.21 Å². The average Bonchev–Trinajstić information content (AvgIpc) is 2.68. The third-order valence-corrected chi connectivity index (χ3v) is 4.04. The zero-order chi connectivity index (χ0) is 18.9. The molecule has 3 rings (SSSR count). The zero-order valence-corrected chi connectivity index (χ0v) is 15.4. The molecule has 0 saturated heterocycles. The molecule has 0 aromatic heterocycles. The number of amides is 1. The fourth-order valence-electron chi connectivity index (χ4n) is 2.50. The second-order valence-corrected chi connectivity index (χ2v) is 6.35. The largest absolute Gasteiger partial charge is 0.488 e. The highest BCUT2D eigenvalue weighted by atomic mass is 35.5. The van der Waals surface area contributed by atoms with Crippen molar-refractivity contribution in [2.24, 2.45) is 5.10 Å². The minimum atomic E-state index is -0.172. The van der Waals surface area contributed by atoms with Crippen LogP contribution in [-0.4, -0.2) is 12.1 Å². The Balaban J connectivity index is 1.58. The zero-order valence-electron chi connectivity index (χ0n) is 14.6. The summed E-state index contributed by atoms with van der Waals surface area (Å²) in [5.41, 5.74) is 5.24. The molecule has 1 amide bonds. The Kier molecular flexibility index (Phi) is 6.61. The third kappa shape index (κ3) is 5.97. The van der Waals surface area contributed by atoms with E-state index in [0.29, 0.717) is 17.4 Å². The first-order valence-corrected chi connectivity index (χ1v) is 8.90. The number of benzene rings is 3. The van der Waals surface area contributed by atoms with Gasteiger partial charge in [0.25, 0.3) is 0 Å². The van der Waals surface area contributed by atoms with Crippen molar-refractivity contribution in [1.82, 2.24) is 5.43 Å². The highest BCUT2D eigenvalue weighted by Crippen LogP contribution is 2.18. The van der Waals surface area contributed by atoms with Gasteiger partial charge in [0.1, 0.15) is 12.4 Å². The van der Waals surface area contributed by atoms with Gasteiger partial charge < -0.3 is 4.74 Å². The van der Waals surface area contributed by atoms with Gasteiger partial charge in [0.05, 0.1) is 12.6 Å². The predicted octanol–water partition coefficient (Wildman–Crippen LogP) is 4.61. The molecule has 5 heteroatoms. The lowest BCUT2D eigenvalue weighted by Crippen LogP contribution is -2.19. The maximum atomic E-state index is 12.0. The van der Waals surface area contributed by atoms with Crippen LogP contribution in [0.2, 0.25) is 5.02 Å². The van der Waals surface area contributed by atoms with Crippen LogP contribution >= 0.6 is 11.6 Å². The Bertz CT molecular complexity index is 926. The lowest BCUT2D eigenvalue weighted by molar-refractivity contribution is -0.120. The van der Waals surface area contributed by atoms with E-state index in [2.05, 4.69) is 10.5 Å². The van der Waals surface area contributed by atoms with Gasteiger partial charge >= 0.3 is 0 Å².